The van der Waals surface area contributed by atoms with Crippen LogP contribution < -0.4 is 5.32 Å². The van der Waals surface area contributed by atoms with Gasteiger partial charge in [-0.3, -0.25) is 19.2 Å². The molecule has 1 fully saturated rings. The van der Waals surface area contributed by atoms with Crippen LogP contribution in [0.1, 0.15) is 33.3 Å². The number of carbonyl (C=O) groups excluding carboxylic acids is 6. The Morgan fingerprint density at radius 3 is 1.90 bits per heavy atom. The minimum absolute atomic E-state index is 0.0567. The summed E-state index contributed by atoms with van der Waals surface area (Å²) < 4.78 is 36.6. The summed E-state index contributed by atoms with van der Waals surface area (Å²) in [6.07, 6.45) is -8.74. The summed E-state index contributed by atoms with van der Waals surface area (Å²) >= 11 is 0. The number of alkyl carbamates (subject to hydrolysis) is 1. The average Bonchev–Trinajstić information content (AvgIpc) is 2.85. The lowest BCUT2D eigenvalue weighted by Crippen LogP contribution is -2.63. The van der Waals surface area contributed by atoms with Crippen molar-refractivity contribution in [1.29, 1.82) is 0 Å². The van der Waals surface area contributed by atoms with Gasteiger partial charge in [-0.1, -0.05) is 30.3 Å². The second-order valence-corrected chi connectivity index (χ2v) is 8.38. The fourth-order valence-electron chi connectivity index (χ4n) is 3.75. The molecule has 0 spiro atoms. The van der Waals surface area contributed by atoms with Gasteiger partial charge in [0.2, 0.25) is 12.4 Å². The molecule has 1 amide bonds. The largest absolute Gasteiger partial charge is 0.467 e. The standard InChI is InChI=1S/C25H31NO13/c1-13(27)34-12-19-20(35-14(2)28)21(36-15(3)29)22(37-16(4)30)24(38-19)39-25(32)26-18(23(31)33-5)11-17-9-7-6-8-10-17/h6-10,18-22,24H,11-12H2,1-5H3,(H,26,32)/t18-,19+,20+,21-,22+,24?/m0/s1. The first kappa shape index (κ1) is 31.0. The molecule has 2 rings (SSSR count). The molecule has 1 saturated heterocycles. The highest BCUT2D eigenvalue weighted by Gasteiger charge is 2.54. The normalized spacial score (nSPS) is 22.8. The number of benzene rings is 1. The monoisotopic (exact) mass is 553 g/mol. The highest BCUT2D eigenvalue weighted by Crippen LogP contribution is 2.30. The maximum atomic E-state index is 12.9. The predicted octanol–water partition coefficient (Wildman–Crippen LogP) is 0.580. The number of carbonyl (C=O) groups is 6. The van der Waals surface area contributed by atoms with Crippen molar-refractivity contribution in [3.05, 3.63) is 35.9 Å². The van der Waals surface area contributed by atoms with Crippen molar-refractivity contribution in [3.63, 3.8) is 0 Å². The summed E-state index contributed by atoms with van der Waals surface area (Å²) in [6, 6.07) is 7.59. The Hall–Kier alpha value is -4.20. The van der Waals surface area contributed by atoms with Crippen molar-refractivity contribution in [2.75, 3.05) is 13.7 Å². The smallest absolute Gasteiger partial charge is 0.410 e. The van der Waals surface area contributed by atoms with Gasteiger partial charge in [0.15, 0.2) is 12.2 Å². The second-order valence-electron chi connectivity index (χ2n) is 8.38. The Kier molecular flexibility index (Phi) is 11.7. The van der Waals surface area contributed by atoms with Crippen LogP contribution in [0.3, 0.4) is 0 Å². The van der Waals surface area contributed by atoms with Crippen LogP contribution in [0.4, 0.5) is 4.79 Å². The molecule has 0 aliphatic carbocycles. The number of amides is 1. The van der Waals surface area contributed by atoms with Gasteiger partial charge in [0.25, 0.3) is 0 Å². The zero-order chi connectivity index (χ0) is 29.1. The van der Waals surface area contributed by atoms with Crippen molar-refractivity contribution >= 4 is 35.9 Å². The van der Waals surface area contributed by atoms with Gasteiger partial charge in [-0.25, -0.2) is 9.59 Å². The van der Waals surface area contributed by atoms with E-state index in [-0.39, 0.29) is 6.42 Å². The first-order valence-corrected chi connectivity index (χ1v) is 11.8. The Labute approximate surface area is 224 Å². The molecule has 214 valence electrons. The van der Waals surface area contributed by atoms with Gasteiger partial charge >= 0.3 is 35.9 Å². The lowest BCUT2D eigenvalue weighted by atomic mass is 9.98. The van der Waals surface area contributed by atoms with Gasteiger partial charge in [-0.15, -0.1) is 0 Å². The van der Waals surface area contributed by atoms with Crippen LogP contribution in [0.25, 0.3) is 0 Å². The zero-order valence-corrected chi connectivity index (χ0v) is 22.1. The van der Waals surface area contributed by atoms with Crippen LogP contribution in [0.5, 0.6) is 0 Å². The quantitative estimate of drug-likeness (QED) is 0.314. The second kappa shape index (κ2) is 14.7. The first-order valence-electron chi connectivity index (χ1n) is 11.8. The number of nitrogens with one attached hydrogen (secondary N) is 1. The minimum Gasteiger partial charge on any atom is -0.467 e. The molecule has 6 atom stereocenters. The van der Waals surface area contributed by atoms with Gasteiger partial charge in [0.1, 0.15) is 18.8 Å². The molecule has 1 aliphatic rings. The lowest BCUT2D eigenvalue weighted by Gasteiger charge is -2.43. The molecular weight excluding hydrogens is 522 g/mol. The highest BCUT2D eigenvalue weighted by molar-refractivity contribution is 5.81. The van der Waals surface area contributed by atoms with Crippen molar-refractivity contribution in [2.24, 2.45) is 0 Å². The van der Waals surface area contributed by atoms with Gasteiger partial charge in [-0.05, 0) is 5.56 Å². The van der Waals surface area contributed by atoms with Crippen LogP contribution in [0.2, 0.25) is 0 Å². The predicted molar refractivity (Wildman–Crippen MR) is 128 cm³/mol. The molecule has 0 saturated carbocycles. The van der Waals surface area contributed by atoms with Crippen LogP contribution in [-0.2, 0) is 63.6 Å². The number of hydrogen-bond acceptors (Lipinski definition) is 13. The Morgan fingerprint density at radius 2 is 1.36 bits per heavy atom. The SMILES string of the molecule is COC(=O)[C@H](Cc1ccccc1)NC(=O)OC1O[C@H](COC(C)=O)[C@@H](OC(C)=O)[C@H](OC(C)=O)[C@H]1OC(C)=O. The number of esters is 5. The van der Waals surface area contributed by atoms with E-state index in [4.69, 9.17) is 33.2 Å². The Bertz CT molecular complexity index is 1040. The number of methoxy groups -OCH3 is 1. The molecule has 0 aromatic heterocycles. The first-order chi connectivity index (χ1) is 18.4. The van der Waals surface area contributed by atoms with Gasteiger partial charge in [0, 0.05) is 34.1 Å². The number of rotatable bonds is 10. The van der Waals surface area contributed by atoms with E-state index in [1.165, 1.54) is 0 Å². The average molecular weight is 554 g/mol. The van der Waals surface area contributed by atoms with Crippen molar-refractivity contribution in [2.45, 2.75) is 70.9 Å². The summed E-state index contributed by atoms with van der Waals surface area (Å²) in [7, 11) is 1.15. The molecule has 0 radical (unpaired) electrons. The van der Waals surface area contributed by atoms with Crippen molar-refractivity contribution in [1.82, 2.24) is 5.32 Å². The molecule has 14 heteroatoms. The Balaban J connectivity index is 2.35. The highest BCUT2D eigenvalue weighted by atomic mass is 16.8. The third-order valence-corrected chi connectivity index (χ3v) is 5.23. The molecule has 1 unspecified atom stereocenters. The van der Waals surface area contributed by atoms with Crippen molar-refractivity contribution < 1.29 is 61.9 Å². The van der Waals surface area contributed by atoms with E-state index in [9.17, 15) is 28.8 Å². The maximum Gasteiger partial charge on any atom is 0.410 e. The van der Waals surface area contributed by atoms with E-state index >= 15 is 0 Å². The number of hydrogen-bond donors (Lipinski definition) is 1. The maximum absolute atomic E-state index is 12.9. The van der Waals surface area contributed by atoms with E-state index in [2.05, 4.69) is 5.32 Å². The zero-order valence-electron chi connectivity index (χ0n) is 22.1. The van der Waals surface area contributed by atoms with E-state index < -0.39 is 79.3 Å². The van der Waals surface area contributed by atoms with E-state index in [1.807, 2.05) is 0 Å². The lowest BCUT2D eigenvalue weighted by molar-refractivity contribution is -0.294. The van der Waals surface area contributed by atoms with E-state index in [0.717, 1.165) is 34.8 Å². The topological polar surface area (TPSA) is 179 Å². The van der Waals surface area contributed by atoms with Gasteiger partial charge < -0.3 is 38.5 Å². The van der Waals surface area contributed by atoms with Gasteiger partial charge in [-0.2, -0.15) is 0 Å². The molecule has 1 aliphatic heterocycles. The molecule has 1 aromatic rings. The molecule has 14 nitrogen and oxygen atoms in total. The van der Waals surface area contributed by atoms with Crippen molar-refractivity contribution in [3.8, 4) is 0 Å². The summed E-state index contributed by atoms with van der Waals surface area (Å²) in [5, 5.41) is 2.37. The fourth-order valence-corrected chi connectivity index (χ4v) is 3.75. The third kappa shape index (κ3) is 9.89. The van der Waals surface area contributed by atoms with Crippen LogP contribution in [0.15, 0.2) is 30.3 Å². The van der Waals surface area contributed by atoms with Crippen LogP contribution in [0, 0.1) is 0 Å². The molecular formula is C25H31NO13. The van der Waals surface area contributed by atoms with Gasteiger partial charge in [0.05, 0.1) is 7.11 Å². The van der Waals surface area contributed by atoms with E-state index in [1.54, 1.807) is 30.3 Å². The fraction of sp³-hybridized carbons (Fsp3) is 0.520. The molecule has 1 aromatic carbocycles. The molecule has 0 bridgehead atoms. The Morgan fingerprint density at radius 1 is 0.795 bits per heavy atom. The molecule has 39 heavy (non-hydrogen) atoms. The third-order valence-electron chi connectivity index (χ3n) is 5.23. The summed E-state index contributed by atoms with van der Waals surface area (Å²) in [6.45, 7) is 3.79. The summed E-state index contributed by atoms with van der Waals surface area (Å²) in [4.78, 5) is 72.2. The van der Waals surface area contributed by atoms with E-state index in [0.29, 0.717) is 5.56 Å². The summed E-state index contributed by atoms with van der Waals surface area (Å²) in [5.74, 6) is -4.00. The molecule has 1 N–H and O–H groups in total. The van der Waals surface area contributed by atoms with Crippen LogP contribution >= 0.6 is 0 Å². The summed E-state index contributed by atoms with van der Waals surface area (Å²) in [5.41, 5.74) is 0.709. The number of ether oxygens (including phenoxy) is 7. The minimum atomic E-state index is -1.75. The van der Waals surface area contributed by atoms with Crippen LogP contribution in [-0.4, -0.2) is 86.4 Å². The molecule has 1 heterocycles.